The van der Waals surface area contributed by atoms with Crippen LogP contribution in [-0.2, 0) is 0 Å². The summed E-state index contributed by atoms with van der Waals surface area (Å²) in [6.07, 6.45) is 3.96. The van der Waals surface area contributed by atoms with E-state index in [4.69, 9.17) is 0 Å². The molecule has 0 saturated carbocycles. The molecule has 0 N–H and O–H groups in total. The molecule has 2 heterocycles. The van der Waals surface area contributed by atoms with Crippen LogP contribution in [0.15, 0.2) is 48.7 Å². The monoisotopic (exact) mass is 309 g/mol. The first-order chi connectivity index (χ1) is 11.2. The Labute approximate surface area is 137 Å². The quantitative estimate of drug-likeness (QED) is 0.867. The Balaban J connectivity index is 1.80. The van der Waals surface area contributed by atoms with Gasteiger partial charge in [0.05, 0.1) is 6.04 Å². The summed E-state index contributed by atoms with van der Waals surface area (Å²) < 4.78 is 0. The number of carbonyl (C=O) groups excluding carboxylic acids is 1. The number of rotatable bonds is 4. The normalized spacial score (nSPS) is 17.3. The maximum atomic E-state index is 12.7. The second-order valence-corrected chi connectivity index (χ2v) is 5.99. The van der Waals surface area contributed by atoms with Gasteiger partial charge in [0.1, 0.15) is 5.82 Å². The average Bonchev–Trinajstić information content (AvgIpc) is 3.11. The van der Waals surface area contributed by atoms with E-state index in [1.54, 1.807) is 0 Å². The fraction of sp³-hybridized carbons (Fsp3) is 0.368. The van der Waals surface area contributed by atoms with Gasteiger partial charge in [-0.2, -0.15) is 0 Å². The molecule has 4 nitrogen and oxygen atoms in total. The van der Waals surface area contributed by atoms with Crippen molar-refractivity contribution in [3.8, 4) is 0 Å². The van der Waals surface area contributed by atoms with Gasteiger partial charge in [-0.1, -0.05) is 24.3 Å². The summed E-state index contributed by atoms with van der Waals surface area (Å²) in [5.41, 5.74) is 1.88. The van der Waals surface area contributed by atoms with Gasteiger partial charge in [-0.25, -0.2) is 4.98 Å². The highest BCUT2D eigenvalue weighted by Gasteiger charge is 2.30. The number of hydrogen-bond acceptors (Lipinski definition) is 3. The van der Waals surface area contributed by atoms with Crippen molar-refractivity contribution in [2.75, 3.05) is 25.0 Å². The van der Waals surface area contributed by atoms with E-state index in [2.05, 4.69) is 22.9 Å². The molecule has 1 aromatic carbocycles. The van der Waals surface area contributed by atoms with Gasteiger partial charge < -0.3 is 9.80 Å². The van der Waals surface area contributed by atoms with Crippen molar-refractivity contribution in [1.29, 1.82) is 0 Å². The highest BCUT2D eigenvalue weighted by atomic mass is 16.2. The van der Waals surface area contributed by atoms with E-state index in [9.17, 15) is 4.79 Å². The van der Waals surface area contributed by atoms with Gasteiger partial charge in [-0.3, -0.25) is 4.79 Å². The van der Waals surface area contributed by atoms with E-state index in [1.807, 2.05) is 54.5 Å². The summed E-state index contributed by atoms with van der Waals surface area (Å²) in [5.74, 6) is 1.08. The van der Waals surface area contributed by atoms with Gasteiger partial charge in [0.25, 0.3) is 5.91 Å². The summed E-state index contributed by atoms with van der Waals surface area (Å²) in [5, 5.41) is 0. The number of carbonyl (C=O) groups is 1. The summed E-state index contributed by atoms with van der Waals surface area (Å²) in [6.45, 7) is 3.84. The lowest BCUT2D eigenvalue weighted by molar-refractivity contribution is 0.0735. The van der Waals surface area contributed by atoms with Crippen molar-refractivity contribution in [1.82, 2.24) is 9.88 Å². The third-order valence-electron chi connectivity index (χ3n) is 4.56. The van der Waals surface area contributed by atoms with Gasteiger partial charge in [-0.15, -0.1) is 0 Å². The molecule has 1 atom stereocenters. The Morgan fingerprint density at radius 2 is 2.04 bits per heavy atom. The molecule has 23 heavy (non-hydrogen) atoms. The highest BCUT2D eigenvalue weighted by Crippen LogP contribution is 2.33. The van der Waals surface area contributed by atoms with Crippen molar-refractivity contribution in [2.24, 2.45) is 0 Å². The maximum absolute atomic E-state index is 12.7. The van der Waals surface area contributed by atoms with Crippen LogP contribution in [0.3, 0.4) is 0 Å². The highest BCUT2D eigenvalue weighted by molar-refractivity contribution is 5.94. The first-order valence-corrected chi connectivity index (χ1v) is 8.24. The maximum Gasteiger partial charge on any atom is 0.254 e. The third kappa shape index (κ3) is 3.21. The Kier molecular flexibility index (Phi) is 4.60. The second-order valence-electron chi connectivity index (χ2n) is 5.99. The summed E-state index contributed by atoms with van der Waals surface area (Å²) in [4.78, 5) is 21.4. The molecule has 0 unspecified atom stereocenters. The number of pyridine rings is 1. The zero-order valence-electron chi connectivity index (χ0n) is 13.8. The van der Waals surface area contributed by atoms with Crippen LogP contribution in [0.4, 0.5) is 5.82 Å². The van der Waals surface area contributed by atoms with Gasteiger partial charge >= 0.3 is 0 Å². The zero-order valence-corrected chi connectivity index (χ0v) is 13.8. The summed E-state index contributed by atoms with van der Waals surface area (Å²) >= 11 is 0. The number of likely N-dealkylation sites (tertiary alicyclic amines) is 1. The van der Waals surface area contributed by atoms with Crippen LogP contribution >= 0.6 is 0 Å². The zero-order chi connectivity index (χ0) is 16.2. The second kappa shape index (κ2) is 6.82. The standard InChI is InChI=1S/C19H23N3O/c1-3-21(2)18-12-11-16(14-20-18)17-10-7-13-22(17)19(23)15-8-5-4-6-9-15/h4-6,8-9,11-12,14,17H,3,7,10,13H2,1-2H3/t17-/m1/s1. The summed E-state index contributed by atoms with van der Waals surface area (Å²) in [7, 11) is 2.03. The molecule has 0 radical (unpaired) electrons. The number of aromatic nitrogens is 1. The number of nitrogens with zero attached hydrogens (tertiary/aromatic N) is 3. The Bertz CT molecular complexity index is 654. The SMILES string of the molecule is CCN(C)c1ccc([C@H]2CCCN2C(=O)c2ccccc2)cn1. The molecule has 0 spiro atoms. The molecule has 3 rings (SSSR count). The molecule has 0 aliphatic carbocycles. The fourth-order valence-corrected chi connectivity index (χ4v) is 3.09. The average molecular weight is 309 g/mol. The molecule has 1 saturated heterocycles. The van der Waals surface area contributed by atoms with Crippen molar-refractivity contribution >= 4 is 11.7 Å². The topological polar surface area (TPSA) is 36.4 Å². The number of amides is 1. The van der Waals surface area contributed by atoms with Gasteiger partial charge in [0.15, 0.2) is 0 Å². The lowest BCUT2D eigenvalue weighted by Crippen LogP contribution is -2.30. The Morgan fingerprint density at radius 3 is 2.70 bits per heavy atom. The fourth-order valence-electron chi connectivity index (χ4n) is 3.09. The van der Waals surface area contributed by atoms with E-state index >= 15 is 0 Å². The van der Waals surface area contributed by atoms with Crippen molar-refractivity contribution in [2.45, 2.75) is 25.8 Å². The van der Waals surface area contributed by atoms with Crippen LogP contribution in [0.25, 0.3) is 0 Å². The molecule has 0 bridgehead atoms. The van der Waals surface area contributed by atoms with Crippen LogP contribution in [0.1, 0.15) is 41.7 Å². The number of anilines is 1. The largest absolute Gasteiger partial charge is 0.360 e. The van der Waals surface area contributed by atoms with Crippen LogP contribution in [0.5, 0.6) is 0 Å². The molecule has 1 aromatic heterocycles. The number of benzene rings is 1. The van der Waals surface area contributed by atoms with Crippen molar-refractivity contribution < 1.29 is 4.79 Å². The third-order valence-corrected chi connectivity index (χ3v) is 4.56. The molecule has 1 aliphatic rings. The first kappa shape index (κ1) is 15.5. The minimum Gasteiger partial charge on any atom is -0.360 e. The molecular weight excluding hydrogens is 286 g/mol. The van der Waals surface area contributed by atoms with Crippen molar-refractivity contribution in [3.63, 3.8) is 0 Å². The predicted octanol–water partition coefficient (Wildman–Crippen LogP) is 3.52. The van der Waals surface area contributed by atoms with Crippen LogP contribution in [0.2, 0.25) is 0 Å². The smallest absolute Gasteiger partial charge is 0.254 e. The van der Waals surface area contributed by atoms with Crippen molar-refractivity contribution in [3.05, 3.63) is 59.8 Å². The van der Waals surface area contributed by atoms with E-state index in [-0.39, 0.29) is 11.9 Å². The molecule has 1 fully saturated rings. The van der Waals surface area contributed by atoms with E-state index < -0.39 is 0 Å². The molecule has 120 valence electrons. The van der Waals surface area contributed by atoms with E-state index in [1.165, 1.54) is 0 Å². The minimum atomic E-state index is 0.114. The first-order valence-electron chi connectivity index (χ1n) is 8.24. The van der Waals surface area contributed by atoms with Crippen LogP contribution in [-0.4, -0.2) is 35.9 Å². The van der Waals surface area contributed by atoms with Gasteiger partial charge in [-0.05, 0) is 43.5 Å². The van der Waals surface area contributed by atoms with E-state index in [0.29, 0.717) is 0 Å². The van der Waals surface area contributed by atoms with Crippen LogP contribution < -0.4 is 4.90 Å². The number of hydrogen-bond donors (Lipinski definition) is 0. The minimum absolute atomic E-state index is 0.114. The van der Waals surface area contributed by atoms with Gasteiger partial charge in [0, 0.05) is 31.9 Å². The molecule has 4 heteroatoms. The van der Waals surface area contributed by atoms with Crippen LogP contribution in [0, 0.1) is 0 Å². The molecule has 1 amide bonds. The lowest BCUT2D eigenvalue weighted by atomic mass is 10.1. The molecular formula is C19H23N3O. The Hall–Kier alpha value is -2.36. The molecule has 1 aliphatic heterocycles. The predicted molar refractivity (Wildman–Crippen MR) is 92.6 cm³/mol. The van der Waals surface area contributed by atoms with Gasteiger partial charge in [0.2, 0.25) is 0 Å². The molecule has 2 aromatic rings. The summed E-state index contributed by atoms with van der Waals surface area (Å²) in [6, 6.07) is 13.8. The Morgan fingerprint density at radius 1 is 1.26 bits per heavy atom. The van der Waals surface area contributed by atoms with E-state index in [0.717, 1.165) is 42.9 Å². The lowest BCUT2D eigenvalue weighted by Gasteiger charge is -2.25.